The van der Waals surface area contributed by atoms with E-state index in [4.69, 9.17) is 9.97 Å². The minimum Gasteiger partial charge on any atom is -0.278 e. The number of hydrogen-bond acceptors (Lipinski definition) is 2. The highest BCUT2D eigenvalue weighted by molar-refractivity contribution is 6.22. The summed E-state index contributed by atoms with van der Waals surface area (Å²) in [7, 11) is 0. The van der Waals surface area contributed by atoms with Crippen LogP contribution in [0, 0.1) is 0 Å². The summed E-state index contributed by atoms with van der Waals surface area (Å²) in [5.74, 6) is 0.827. The highest BCUT2D eigenvalue weighted by Crippen LogP contribution is 2.43. The zero-order valence-electron chi connectivity index (χ0n) is 29.1. The van der Waals surface area contributed by atoms with Crippen molar-refractivity contribution in [3.05, 3.63) is 182 Å². The average Bonchev–Trinajstić information content (AvgIpc) is 3.80. The molecule has 0 aliphatic heterocycles. The van der Waals surface area contributed by atoms with Crippen molar-refractivity contribution in [2.45, 2.75) is 0 Å². The monoisotopic (exact) mass is 686 g/mol. The molecular weight excluding hydrogens is 657 g/mol. The van der Waals surface area contributed by atoms with Crippen molar-refractivity contribution in [2.24, 2.45) is 0 Å². The third kappa shape index (κ3) is 4.08. The molecule has 250 valence electrons. The van der Waals surface area contributed by atoms with Crippen molar-refractivity contribution in [3.63, 3.8) is 0 Å². The first-order valence-corrected chi connectivity index (χ1v) is 18.4. The Bertz CT molecular complexity index is 3500. The van der Waals surface area contributed by atoms with Crippen molar-refractivity contribution < 1.29 is 0 Å². The van der Waals surface area contributed by atoms with Gasteiger partial charge in [0.1, 0.15) is 5.65 Å². The molecule has 0 N–H and O–H groups in total. The highest BCUT2D eigenvalue weighted by atomic mass is 15.2. The Morgan fingerprint density at radius 3 is 1.65 bits per heavy atom. The molecule has 0 spiro atoms. The van der Waals surface area contributed by atoms with Gasteiger partial charge in [-0.3, -0.25) is 8.97 Å². The van der Waals surface area contributed by atoms with Crippen LogP contribution in [-0.4, -0.2) is 18.9 Å². The molecule has 0 fully saturated rings. The van der Waals surface area contributed by atoms with E-state index < -0.39 is 0 Å². The van der Waals surface area contributed by atoms with E-state index in [2.05, 4.69) is 191 Å². The maximum Gasteiger partial charge on any atom is 0.221 e. The Morgan fingerprint density at radius 2 is 0.889 bits per heavy atom. The van der Waals surface area contributed by atoms with E-state index in [9.17, 15) is 0 Å². The predicted molar refractivity (Wildman–Crippen MR) is 226 cm³/mol. The van der Waals surface area contributed by atoms with Gasteiger partial charge in [-0.15, -0.1) is 0 Å². The average molecular weight is 687 g/mol. The van der Waals surface area contributed by atoms with Crippen molar-refractivity contribution >= 4 is 81.7 Å². The minimum atomic E-state index is 0.827. The summed E-state index contributed by atoms with van der Waals surface area (Å²) in [6, 6.07) is 65.5. The maximum absolute atomic E-state index is 5.42. The largest absolute Gasteiger partial charge is 0.278 e. The van der Waals surface area contributed by atoms with Crippen LogP contribution in [0.15, 0.2) is 182 Å². The van der Waals surface area contributed by atoms with Gasteiger partial charge in [0, 0.05) is 21.5 Å². The van der Waals surface area contributed by atoms with E-state index in [-0.39, 0.29) is 0 Å². The highest BCUT2D eigenvalue weighted by Gasteiger charge is 2.22. The van der Waals surface area contributed by atoms with Crippen molar-refractivity contribution in [3.8, 4) is 28.2 Å². The van der Waals surface area contributed by atoms with Gasteiger partial charge in [0.2, 0.25) is 5.95 Å². The lowest BCUT2D eigenvalue weighted by atomic mass is 9.91. The molecule has 4 heteroatoms. The molecule has 3 aromatic heterocycles. The molecule has 0 unspecified atom stereocenters. The number of fused-ring (bicyclic) bond motifs is 13. The molecule has 12 rings (SSSR count). The van der Waals surface area contributed by atoms with E-state index >= 15 is 0 Å². The summed E-state index contributed by atoms with van der Waals surface area (Å²) < 4.78 is 4.60. The standard InChI is InChI=1S/C50H30N4/c1-2-14-34-33(13-1)29-41(36-16-4-3-15-35(34)36)31-25-27-32(28-26-31)42-30-43-38-18-8-11-23-46(38)53(48(43)39-19-6-5-17-37(39)42)50-52-44-21-9-7-20-40(44)49-51-45-22-10-12-24-47(45)54(49)50/h1-30H. The fourth-order valence-electron chi connectivity index (χ4n) is 8.87. The van der Waals surface area contributed by atoms with Crippen LogP contribution in [0.1, 0.15) is 0 Å². The first-order valence-electron chi connectivity index (χ1n) is 18.4. The van der Waals surface area contributed by atoms with Crippen LogP contribution < -0.4 is 0 Å². The molecule has 54 heavy (non-hydrogen) atoms. The van der Waals surface area contributed by atoms with Gasteiger partial charge in [-0.2, -0.15) is 0 Å². The lowest BCUT2D eigenvalue weighted by Gasteiger charge is -2.15. The molecule has 9 aromatic carbocycles. The normalized spacial score (nSPS) is 12.1. The molecule has 0 amide bonds. The number of hydrogen-bond donors (Lipinski definition) is 0. The Labute approximate surface area is 309 Å². The Hall–Kier alpha value is -7.30. The van der Waals surface area contributed by atoms with Crippen molar-refractivity contribution in [2.75, 3.05) is 0 Å². The van der Waals surface area contributed by atoms with Gasteiger partial charge in [-0.25, -0.2) is 9.97 Å². The zero-order valence-corrected chi connectivity index (χ0v) is 29.1. The second-order valence-electron chi connectivity index (χ2n) is 14.2. The van der Waals surface area contributed by atoms with Crippen molar-refractivity contribution in [1.82, 2.24) is 18.9 Å². The molecule has 0 saturated heterocycles. The van der Waals surface area contributed by atoms with Gasteiger partial charge in [0.15, 0.2) is 0 Å². The maximum atomic E-state index is 5.42. The van der Waals surface area contributed by atoms with E-state index in [1.165, 1.54) is 65.3 Å². The number of imidazole rings is 1. The second-order valence-corrected chi connectivity index (χ2v) is 14.2. The van der Waals surface area contributed by atoms with Gasteiger partial charge in [0.25, 0.3) is 0 Å². The fourth-order valence-corrected chi connectivity index (χ4v) is 8.87. The van der Waals surface area contributed by atoms with Crippen molar-refractivity contribution in [1.29, 1.82) is 0 Å². The van der Waals surface area contributed by atoms with Crippen LogP contribution in [-0.2, 0) is 0 Å². The first kappa shape index (κ1) is 29.3. The summed E-state index contributed by atoms with van der Waals surface area (Å²) >= 11 is 0. The van der Waals surface area contributed by atoms with Gasteiger partial charge in [-0.05, 0) is 91.6 Å². The van der Waals surface area contributed by atoms with Crippen LogP contribution in [0.4, 0.5) is 0 Å². The topological polar surface area (TPSA) is 35.1 Å². The van der Waals surface area contributed by atoms with Crippen LogP contribution in [0.2, 0.25) is 0 Å². The third-order valence-corrected chi connectivity index (χ3v) is 11.3. The van der Waals surface area contributed by atoms with Crippen LogP contribution in [0.25, 0.3) is 110 Å². The van der Waals surface area contributed by atoms with Gasteiger partial charge in [-0.1, -0.05) is 140 Å². The summed E-state index contributed by atoms with van der Waals surface area (Å²) in [6.07, 6.45) is 0. The van der Waals surface area contributed by atoms with Gasteiger partial charge < -0.3 is 0 Å². The second kappa shape index (κ2) is 11.1. The molecule has 3 heterocycles. The molecule has 12 aromatic rings. The van der Waals surface area contributed by atoms with E-state index in [0.29, 0.717) is 0 Å². The molecule has 0 saturated carbocycles. The quantitative estimate of drug-likeness (QED) is 0.173. The smallest absolute Gasteiger partial charge is 0.221 e. The molecule has 0 aliphatic carbocycles. The Kier molecular flexibility index (Phi) is 6.02. The van der Waals surface area contributed by atoms with Gasteiger partial charge >= 0.3 is 0 Å². The van der Waals surface area contributed by atoms with Crippen LogP contribution >= 0.6 is 0 Å². The predicted octanol–water partition coefficient (Wildman–Crippen LogP) is 12.9. The number of para-hydroxylation sites is 4. The number of nitrogens with zero attached hydrogens (tertiary/aromatic N) is 4. The molecule has 0 atom stereocenters. The molecular formula is C50H30N4. The first-order chi connectivity index (χ1) is 26.8. The molecule has 4 nitrogen and oxygen atoms in total. The SMILES string of the molecule is c1ccc2c(c1)cc(-c1ccc(-c3cc4c5ccccc5n(-c5nc6ccccc6c6nc7ccccc7n56)c4c4ccccc34)cc1)c1ccccc12. The minimum absolute atomic E-state index is 0.827. The van der Waals surface area contributed by atoms with Crippen LogP contribution in [0.3, 0.4) is 0 Å². The third-order valence-electron chi connectivity index (χ3n) is 11.3. The van der Waals surface area contributed by atoms with E-state index in [0.717, 1.165) is 44.6 Å². The lowest BCUT2D eigenvalue weighted by Crippen LogP contribution is -2.06. The van der Waals surface area contributed by atoms with Gasteiger partial charge in [0.05, 0.1) is 27.6 Å². The lowest BCUT2D eigenvalue weighted by molar-refractivity contribution is 0.982. The summed E-state index contributed by atoms with van der Waals surface area (Å²) in [5.41, 5.74) is 10.9. The zero-order chi connectivity index (χ0) is 35.3. The number of aromatic nitrogens is 4. The Morgan fingerprint density at radius 1 is 0.352 bits per heavy atom. The fraction of sp³-hybridized carbons (Fsp3) is 0. The van der Waals surface area contributed by atoms with E-state index in [1.807, 2.05) is 0 Å². The van der Waals surface area contributed by atoms with Crippen LogP contribution in [0.5, 0.6) is 0 Å². The number of rotatable bonds is 3. The Balaban J connectivity index is 1.12. The van der Waals surface area contributed by atoms with E-state index in [1.54, 1.807) is 0 Å². The molecule has 0 radical (unpaired) electrons. The summed E-state index contributed by atoms with van der Waals surface area (Å²) in [5, 5.41) is 10.9. The summed E-state index contributed by atoms with van der Waals surface area (Å²) in [6.45, 7) is 0. The molecule has 0 aliphatic rings. The summed E-state index contributed by atoms with van der Waals surface area (Å²) in [4.78, 5) is 10.6. The molecule has 0 bridgehead atoms. The number of benzene rings is 9.